The van der Waals surface area contributed by atoms with Gasteiger partial charge in [-0.05, 0) is 23.3 Å². The van der Waals surface area contributed by atoms with Crippen LogP contribution in [0.15, 0.2) is 83.5 Å². The first-order valence-electron chi connectivity index (χ1n) is 9.59. The van der Waals surface area contributed by atoms with Gasteiger partial charge in [0.15, 0.2) is 5.76 Å². The van der Waals surface area contributed by atoms with Gasteiger partial charge in [0.2, 0.25) is 17.7 Å². The van der Waals surface area contributed by atoms with Crippen molar-refractivity contribution in [3.8, 4) is 11.6 Å². The third-order valence-corrected chi connectivity index (χ3v) is 4.54. The summed E-state index contributed by atoms with van der Waals surface area (Å²) in [5.74, 6) is 2.48. The number of aromatic nitrogens is 5. The number of nitrogens with one attached hydrogen (secondary N) is 2. The van der Waals surface area contributed by atoms with E-state index in [0.717, 1.165) is 11.1 Å². The normalized spacial score (nSPS) is 10.9. The molecule has 0 amide bonds. The van der Waals surface area contributed by atoms with E-state index in [2.05, 4.69) is 42.8 Å². The molecule has 0 unspecified atom stereocenters. The molecular formula is C22H19N7O. The number of nitrogens with zero attached hydrogens (tertiary/aromatic N) is 5. The molecule has 0 aliphatic rings. The standard InChI is InChI=1S/C22H19N7O/c1-3-8-16(9-4-1)14-23-20-26-21(24-15-17-10-5-2-6-11-17)29-22(27-20)25-19(28-29)18-12-7-13-30-18/h1-13H,14-15H2,(H2,23,24,25,26,27,28). The number of benzene rings is 2. The Labute approximate surface area is 172 Å². The summed E-state index contributed by atoms with van der Waals surface area (Å²) < 4.78 is 7.02. The number of fused-ring (bicyclic) bond motifs is 1. The lowest BCUT2D eigenvalue weighted by molar-refractivity contribution is 0.577. The van der Waals surface area contributed by atoms with Gasteiger partial charge < -0.3 is 15.1 Å². The molecule has 0 radical (unpaired) electrons. The summed E-state index contributed by atoms with van der Waals surface area (Å²) in [6.07, 6.45) is 1.59. The molecule has 0 spiro atoms. The average Bonchev–Trinajstić information content (AvgIpc) is 3.47. The maximum atomic E-state index is 5.43. The van der Waals surface area contributed by atoms with Gasteiger partial charge in [0.05, 0.1) is 6.26 Å². The van der Waals surface area contributed by atoms with Gasteiger partial charge >= 0.3 is 0 Å². The van der Waals surface area contributed by atoms with Crippen molar-refractivity contribution in [1.29, 1.82) is 0 Å². The Hall–Kier alpha value is -4.20. The van der Waals surface area contributed by atoms with E-state index in [0.29, 0.717) is 42.3 Å². The fourth-order valence-electron chi connectivity index (χ4n) is 3.04. The Bertz CT molecular complexity index is 1230. The van der Waals surface area contributed by atoms with Crippen molar-refractivity contribution in [1.82, 2.24) is 24.6 Å². The van der Waals surface area contributed by atoms with E-state index in [1.165, 1.54) is 0 Å². The molecule has 0 atom stereocenters. The molecule has 0 fully saturated rings. The predicted molar refractivity (Wildman–Crippen MR) is 114 cm³/mol. The third kappa shape index (κ3) is 3.83. The average molecular weight is 397 g/mol. The molecule has 0 aliphatic heterocycles. The molecule has 8 heteroatoms. The Morgan fingerprint density at radius 1 is 0.733 bits per heavy atom. The van der Waals surface area contributed by atoms with E-state index in [-0.39, 0.29) is 0 Å². The SMILES string of the molecule is c1ccc(CNc2nc(NCc3ccccc3)n3nc(-c4ccco4)nc3n2)cc1. The summed E-state index contributed by atoms with van der Waals surface area (Å²) in [6.45, 7) is 1.20. The number of hydrogen-bond donors (Lipinski definition) is 2. The maximum Gasteiger partial charge on any atom is 0.259 e. The van der Waals surface area contributed by atoms with Crippen molar-refractivity contribution in [2.75, 3.05) is 10.6 Å². The summed E-state index contributed by atoms with van der Waals surface area (Å²) in [7, 11) is 0. The van der Waals surface area contributed by atoms with Crippen molar-refractivity contribution in [2.45, 2.75) is 13.1 Å². The highest BCUT2D eigenvalue weighted by atomic mass is 16.3. The first-order chi connectivity index (χ1) is 14.8. The predicted octanol–water partition coefficient (Wildman–Crippen LogP) is 4.00. The van der Waals surface area contributed by atoms with Gasteiger partial charge in [0.1, 0.15) is 0 Å². The van der Waals surface area contributed by atoms with Crippen molar-refractivity contribution < 1.29 is 4.42 Å². The van der Waals surface area contributed by atoms with Gasteiger partial charge in [-0.2, -0.15) is 19.5 Å². The summed E-state index contributed by atoms with van der Waals surface area (Å²) in [6, 6.07) is 23.8. The number of anilines is 2. The zero-order valence-corrected chi connectivity index (χ0v) is 16.1. The third-order valence-electron chi connectivity index (χ3n) is 4.54. The molecule has 0 saturated heterocycles. The Morgan fingerprint density at radius 2 is 1.43 bits per heavy atom. The second-order valence-corrected chi connectivity index (χ2v) is 6.67. The Kier molecular flexibility index (Phi) is 4.79. The van der Waals surface area contributed by atoms with Crippen molar-refractivity contribution in [3.05, 3.63) is 90.2 Å². The Balaban J connectivity index is 1.47. The summed E-state index contributed by atoms with van der Waals surface area (Å²) in [5, 5.41) is 11.1. The quantitative estimate of drug-likeness (QED) is 0.429. The van der Waals surface area contributed by atoms with Crippen LogP contribution in [-0.2, 0) is 13.1 Å². The number of furan rings is 1. The number of hydrogen-bond acceptors (Lipinski definition) is 7. The highest BCUT2D eigenvalue weighted by Crippen LogP contribution is 2.19. The molecule has 2 aromatic carbocycles. The first kappa shape index (κ1) is 17.9. The minimum atomic E-state index is 0.433. The van der Waals surface area contributed by atoms with Crippen LogP contribution in [-0.4, -0.2) is 24.6 Å². The molecule has 148 valence electrons. The maximum absolute atomic E-state index is 5.43. The fraction of sp³-hybridized carbons (Fsp3) is 0.0909. The van der Waals surface area contributed by atoms with Gasteiger partial charge in [-0.15, -0.1) is 5.10 Å². The second-order valence-electron chi connectivity index (χ2n) is 6.67. The fourth-order valence-corrected chi connectivity index (χ4v) is 3.04. The molecule has 0 aliphatic carbocycles. The minimum Gasteiger partial charge on any atom is -0.461 e. The second kappa shape index (κ2) is 8.04. The molecular weight excluding hydrogens is 378 g/mol. The lowest BCUT2D eigenvalue weighted by Crippen LogP contribution is -2.12. The van der Waals surface area contributed by atoms with Crippen LogP contribution in [0.1, 0.15) is 11.1 Å². The van der Waals surface area contributed by atoms with Gasteiger partial charge in [0, 0.05) is 13.1 Å². The molecule has 8 nitrogen and oxygen atoms in total. The van der Waals surface area contributed by atoms with Gasteiger partial charge in [-0.3, -0.25) is 0 Å². The number of rotatable bonds is 7. The van der Waals surface area contributed by atoms with Crippen LogP contribution in [0, 0.1) is 0 Å². The molecule has 5 rings (SSSR count). The first-order valence-corrected chi connectivity index (χ1v) is 9.59. The van der Waals surface area contributed by atoms with Crippen LogP contribution in [0.5, 0.6) is 0 Å². The van der Waals surface area contributed by atoms with E-state index >= 15 is 0 Å². The lowest BCUT2D eigenvalue weighted by Gasteiger charge is -2.10. The molecule has 5 aromatic rings. The van der Waals surface area contributed by atoms with E-state index < -0.39 is 0 Å². The Morgan fingerprint density at radius 3 is 2.10 bits per heavy atom. The summed E-state index contributed by atoms with van der Waals surface area (Å²) >= 11 is 0. The zero-order chi connectivity index (χ0) is 20.2. The van der Waals surface area contributed by atoms with Crippen LogP contribution in [0.4, 0.5) is 11.9 Å². The van der Waals surface area contributed by atoms with Crippen molar-refractivity contribution in [2.24, 2.45) is 0 Å². The van der Waals surface area contributed by atoms with E-state index in [1.54, 1.807) is 16.8 Å². The van der Waals surface area contributed by atoms with E-state index in [1.807, 2.05) is 54.6 Å². The molecule has 30 heavy (non-hydrogen) atoms. The minimum absolute atomic E-state index is 0.433. The topological polar surface area (TPSA) is 93.2 Å². The van der Waals surface area contributed by atoms with Crippen LogP contribution in [0.2, 0.25) is 0 Å². The summed E-state index contributed by atoms with van der Waals surface area (Å²) in [4.78, 5) is 13.7. The van der Waals surface area contributed by atoms with Gasteiger partial charge in [0.25, 0.3) is 5.78 Å². The van der Waals surface area contributed by atoms with E-state index in [9.17, 15) is 0 Å². The largest absolute Gasteiger partial charge is 0.461 e. The van der Waals surface area contributed by atoms with Gasteiger partial charge in [-0.25, -0.2) is 0 Å². The van der Waals surface area contributed by atoms with Crippen LogP contribution < -0.4 is 10.6 Å². The smallest absolute Gasteiger partial charge is 0.259 e. The van der Waals surface area contributed by atoms with Crippen LogP contribution in [0.25, 0.3) is 17.4 Å². The highest BCUT2D eigenvalue weighted by Gasteiger charge is 2.15. The molecule has 3 aromatic heterocycles. The van der Waals surface area contributed by atoms with Crippen LogP contribution in [0.3, 0.4) is 0 Å². The van der Waals surface area contributed by atoms with E-state index in [4.69, 9.17) is 4.42 Å². The molecule has 0 bridgehead atoms. The molecule has 0 saturated carbocycles. The summed E-state index contributed by atoms with van der Waals surface area (Å²) in [5.41, 5.74) is 2.27. The molecule has 3 heterocycles. The van der Waals surface area contributed by atoms with Crippen molar-refractivity contribution in [3.63, 3.8) is 0 Å². The lowest BCUT2D eigenvalue weighted by atomic mass is 10.2. The monoisotopic (exact) mass is 397 g/mol. The van der Waals surface area contributed by atoms with Crippen molar-refractivity contribution >= 4 is 17.7 Å². The highest BCUT2D eigenvalue weighted by molar-refractivity contribution is 5.53. The zero-order valence-electron chi connectivity index (χ0n) is 16.1. The van der Waals surface area contributed by atoms with Gasteiger partial charge in [-0.1, -0.05) is 60.7 Å². The molecule has 2 N–H and O–H groups in total. The van der Waals surface area contributed by atoms with Crippen LogP contribution >= 0.6 is 0 Å².